The SMILES string of the molecule is C[C@@H](c1ccc[nH]1)N(C)CC1CCNCC1. The smallest absolute Gasteiger partial charge is 0.0467 e. The van der Waals surface area contributed by atoms with Gasteiger partial charge in [-0.25, -0.2) is 0 Å². The highest BCUT2D eigenvalue weighted by atomic mass is 15.1. The Morgan fingerprint density at radius 2 is 2.19 bits per heavy atom. The van der Waals surface area contributed by atoms with Crippen molar-refractivity contribution in [3.63, 3.8) is 0 Å². The van der Waals surface area contributed by atoms with E-state index in [1.807, 2.05) is 6.20 Å². The van der Waals surface area contributed by atoms with Gasteiger partial charge in [-0.3, -0.25) is 4.90 Å². The number of aromatic amines is 1. The molecule has 0 radical (unpaired) electrons. The number of hydrogen-bond donors (Lipinski definition) is 2. The average molecular weight is 221 g/mol. The van der Waals surface area contributed by atoms with Crippen molar-refractivity contribution in [1.82, 2.24) is 15.2 Å². The van der Waals surface area contributed by atoms with Crippen LogP contribution in [0.25, 0.3) is 0 Å². The van der Waals surface area contributed by atoms with Crippen LogP contribution >= 0.6 is 0 Å². The Morgan fingerprint density at radius 3 is 2.81 bits per heavy atom. The van der Waals surface area contributed by atoms with Gasteiger partial charge in [0, 0.05) is 24.5 Å². The van der Waals surface area contributed by atoms with E-state index < -0.39 is 0 Å². The van der Waals surface area contributed by atoms with E-state index >= 15 is 0 Å². The van der Waals surface area contributed by atoms with Crippen molar-refractivity contribution >= 4 is 0 Å². The Kier molecular flexibility index (Phi) is 4.02. The van der Waals surface area contributed by atoms with Crippen molar-refractivity contribution in [2.24, 2.45) is 5.92 Å². The Hall–Kier alpha value is -0.800. The first-order chi connectivity index (χ1) is 7.77. The zero-order chi connectivity index (χ0) is 11.4. The summed E-state index contributed by atoms with van der Waals surface area (Å²) in [6.07, 6.45) is 4.65. The summed E-state index contributed by atoms with van der Waals surface area (Å²) in [5, 5.41) is 3.42. The molecule has 1 aromatic heterocycles. The van der Waals surface area contributed by atoms with Gasteiger partial charge in [-0.2, -0.15) is 0 Å². The van der Waals surface area contributed by atoms with E-state index in [1.54, 1.807) is 0 Å². The molecule has 2 N–H and O–H groups in total. The van der Waals surface area contributed by atoms with Gasteiger partial charge in [0.1, 0.15) is 0 Å². The van der Waals surface area contributed by atoms with Crippen molar-refractivity contribution in [2.75, 3.05) is 26.7 Å². The topological polar surface area (TPSA) is 31.1 Å². The number of piperidine rings is 1. The van der Waals surface area contributed by atoms with E-state index in [0.29, 0.717) is 6.04 Å². The van der Waals surface area contributed by atoms with Crippen LogP contribution in [0.2, 0.25) is 0 Å². The van der Waals surface area contributed by atoms with E-state index in [2.05, 4.69) is 41.3 Å². The fraction of sp³-hybridized carbons (Fsp3) is 0.692. The van der Waals surface area contributed by atoms with Gasteiger partial charge < -0.3 is 10.3 Å². The normalized spacial score (nSPS) is 20.2. The van der Waals surface area contributed by atoms with E-state index in [-0.39, 0.29) is 0 Å². The summed E-state index contributed by atoms with van der Waals surface area (Å²) in [5.41, 5.74) is 1.32. The first-order valence-electron chi connectivity index (χ1n) is 6.31. The van der Waals surface area contributed by atoms with Gasteiger partial charge in [0.25, 0.3) is 0 Å². The van der Waals surface area contributed by atoms with Gasteiger partial charge in [0.15, 0.2) is 0 Å². The molecule has 1 fully saturated rings. The van der Waals surface area contributed by atoms with Gasteiger partial charge in [-0.15, -0.1) is 0 Å². The maximum absolute atomic E-state index is 3.42. The molecule has 2 rings (SSSR count). The van der Waals surface area contributed by atoms with E-state index in [4.69, 9.17) is 0 Å². The van der Waals surface area contributed by atoms with Crippen LogP contribution in [0.5, 0.6) is 0 Å². The Balaban J connectivity index is 1.84. The van der Waals surface area contributed by atoms with Crippen LogP contribution in [-0.4, -0.2) is 36.6 Å². The average Bonchev–Trinajstić information content (AvgIpc) is 2.83. The van der Waals surface area contributed by atoms with Gasteiger partial charge in [0.2, 0.25) is 0 Å². The summed E-state index contributed by atoms with van der Waals surface area (Å²) in [6.45, 7) is 5.86. The number of H-pyrrole nitrogens is 1. The van der Waals surface area contributed by atoms with Crippen LogP contribution in [-0.2, 0) is 0 Å². The number of aromatic nitrogens is 1. The summed E-state index contributed by atoms with van der Waals surface area (Å²) in [4.78, 5) is 5.76. The summed E-state index contributed by atoms with van der Waals surface area (Å²) >= 11 is 0. The summed E-state index contributed by atoms with van der Waals surface area (Å²) in [6, 6.07) is 4.73. The molecule has 1 atom stereocenters. The Morgan fingerprint density at radius 1 is 1.44 bits per heavy atom. The molecule has 0 unspecified atom stereocenters. The summed E-state index contributed by atoms with van der Waals surface area (Å²) < 4.78 is 0. The molecule has 0 aliphatic carbocycles. The van der Waals surface area contributed by atoms with Crippen LogP contribution in [0.1, 0.15) is 31.5 Å². The van der Waals surface area contributed by atoms with Gasteiger partial charge in [-0.05, 0) is 58.0 Å². The second kappa shape index (κ2) is 5.51. The van der Waals surface area contributed by atoms with E-state index in [9.17, 15) is 0 Å². The third-order valence-corrected chi connectivity index (χ3v) is 3.74. The largest absolute Gasteiger partial charge is 0.364 e. The number of hydrogen-bond acceptors (Lipinski definition) is 2. The Bertz CT molecular complexity index is 288. The molecule has 3 heteroatoms. The van der Waals surface area contributed by atoms with Crippen molar-refractivity contribution in [2.45, 2.75) is 25.8 Å². The Labute approximate surface area is 98.2 Å². The molecule has 1 aromatic rings. The van der Waals surface area contributed by atoms with Crippen LogP contribution < -0.4 is 5.32 Å². The second-order valence-corrected chi connectivity index (χ2v) is 4.93. The van der Waals surface area contributed by atoms with E-state index in [0.717, 1.165) is 5.92 Å². The minimum atomic E-state index is 0.491. The standard InChI is InChI=1S/C13H23N3/c1-11(13-4-3-7-15-13)16(2)10-12-5-8-14-9-6-12/h3-4,7,11-12,14-15H,5-6,8-10H2,1-2H3/t11-/m0/s1. The number of nitrogens with one attached hydrogen (secondary N) is 2. The maximum Gasteiger partial charge on any atom is 0.0467 e. The monoisotopic (exact) mass is 221 g/mol. The lowest BCUT2D eigenvalue weighted by molar-refractivity contribution is 0.194. The molecule has 2 heterocycles. The highest BCUT2D eigenvalue weighted by Crippen LogP contribution is 2.20. The molecular weight excluding hydrogens is 198 g/mol. The summed E-state index contributed by atoms with van der Waals surface area (Å²) in [5.74, 6) is 0.865. The highest BCUT2D eigenvalue weighted by Gasteiger charge is 2.18. The molecule has 1 aliphatic rings. The van der Waals surface area contributed by atoms with Crippen LogP contribution in [0, 0.1) is 5.92 Å². The number of nitrogens with zero attached hydrogens (tertiary/aromatic N) is 1. The van der Waals surface area contributed by atoms with Crippen LogP contribution in [0.4, 0.5) is 0 Å². The lowest BCUT2D eigenvalue weighted by Crippen LogP contribution is -2.35. The molecule has 0 bridgehead atoms. The first kappa shape index (κ1) is 11.7. The lowest BCUT2D eigenvalue weighted by atomic mass is 9.97. The van der Waals surface area contributed by atoms with Crippen molar-refractivity contribution in [1.29, 1.82) is 0 Å². The predicted octanol–water partition coefficient (Wildman–Crippen LogP) is 2.01. The molecule has 3 nitrogen and oxygen atoms in total. The molecule has 0 amide bonds. The molecule has 90 valence electrons. The molecule has 1 saturated heterocycles. The summed E-state index contributed by atoms with van der Waals surface area (Å²) in [7, 11) is 2.23. The molecule has 1 aliphatic heterocycles. The third-order valence-electron chi connectivity index (χ3n) is 3.74. The molecule has 0 spiro atoms. The molecule has 16 heavy (non-hydrogen) atoms. The number of rotatable bonds is 4. The van der Waals surface area contributed by atoms with Gasteiger partial charge >= 0.3 is 0 Å². The van der Waals surface area contributed by atoms with Crippen molar-refractivity contribution in [3.8, 4) is 0 Å². The highest BCUT2D eigenvalue weighted by molar-refractivity contribution is 5.08. The van der Waals surface area contributed by atoms with Crippen molar-refractivity contribution in [3.05, 3.63) is 24.0 Å². The third kappa shape index (κ3) is 2.86. The molecule has 0 aromatic carbocycles. The maximum atomic E-state index is 3.42. The zero-order valence-corrected chi connectivity index (χ0v) is 10.4. The zero-order valence-electron chi connectivity index (χ0n) is 10.4. The second-order valence-electron chi connectivity index (χ2n) is 4.93. The van der Waals surface area contributed by atoms with Crippen LogP contribution in [0.3, 0.4) is 0 Å². The van der Waals surface area contributed by atoms with Crippen molar-refractivity contribution < 1.29 is 0 Å². The lowest BCUT2D eigenvalue weighted by Gasteiger charge is -2.30. The quantitative estimate of drug-likeness (QED) is 0.815. The van der Waals surface area contributed by atoms with Crippen LogP contribution in [0.15, 0.2) is 18.3 Å². The molecular formula is C13H23N3. The predicted molar refractivity (Wildman–Crippen MR) is 67.4 cm³/mol. The fourth-order valence-corrected chi connectivity index (χ4v) is 2.47. The minimum Gasteiger partial charge on any atom is -0.364 e. The van der Waals surface area contributed by atoms with Gasteiger partial charge in [0.05, 0.1) is 0 Å². The first-order valence-corrected chi connectivity index (χ1v) is 6.31. The molecule has 0 saturated carbocycles. The van der Waals surface area contributed by atoms with E-state index in [1.165, 1.54) is 38.2 Å². The van der Waals surface area contributed by atoms with Gasteiger partial charge in [-0.1, -0.05) is 0 Å². The fourth-order valence-electron chi connectivity index (χ4n) is 2.47. The minimum absolute atomic E-state index is 0.491.